The summed E-state index contributed by atoms with van der Waals surface area (Å²) in [6.07, 6.45) is -1.83. The molecule has 2 aromatic rings. The molecule has 0 bridgehead atoms. The molecule has 1 unspecified atom stereocenters. The average Bonchev–Trinajstić information content (AvgIpc) is 2.56. The Kier molecular flexibility index (Phi) is 4.46. The number of nitrogens with zero attached hydrogens (tertiary/aromatic N) is 1. The Morgan fingerprint density at radius 2 is 1.96 bits per heavy atom. The van der Waals surface area contributed by atoms with E-state index in [1.165, 1.54) is 6.07 Å². The molecule has 3 rings (SSSR count). The van der Waals surface area contributed by atoms with E-state index in [0.717, 1.165) is 43.6 Å². The maximum atomic E-state index is 12.8. The zero-order chi connectivity index (χ0) is 16.3. The zero-order valence-corrected chi connectivity index (χ0v) is 12.5. The molecule has 121 valence electrons. The third kappa shape index (κ3) is 3.78. The summed E-state index contributed by atoms with van der Waals surface area (Å²) in [5.74, 6) is 0.243. The summed E-state index contributed by atoms with van der Waals surface area (Å²) in [5.41, 5.74) is 0.216. The Bertz CT molecular complexity index is 642. The van der Waals surface area contributed by atoms with Gasteiger partial charge in [-0.25, -0.2) is 0 Å². The Hall–Kier alpha value is -2.17. The van der Waals surface area contributed by atoms with Gasteiger partial charge in [-0.1, -0.05) is 24.3 Å². The van der Waals surface area contributed by atoms with Crippen LogP contribution in [0, 0.1) is 6.07 Å². The summed E-state index contributed by atoms with van der Waals surface area (Å²) in [5, 5.41) is 0. The second kappa shape index (κ2) is 6.52. The molecule has 23 heavy (non-hydrogen) atoms. The molecule has 2 nitrogen and oxygen atoms in total. The smallest absolute Gasteiger partial charge is 0.416 e. The highest BCUT2D eigenvalue weighted by atomic mass is 19.4. The molecule has 0 aromatic heterocycles. The van der Waals surface area contributed by atoms with Crippen molar-refractivity contribution in [1.82, 2.24) is 0 Å². The maximum absolute atomic E-state index is 12.8. The Morgan fingerprint density at radius 1 is 1.09 bits per heavy atom. The second-order valence-corrected chi connectivity index (χ2v) is 5.54. The summed E-state index contributed by atoms with van der Waals surface area (Å²) in [7, 11) is 0. The molecule has 1 saturated heterocycles. The minimum Gasteiger partial charge on any atom is -0.471 e. The predicted molar refractivity (Wildman–Crippen MR) is 82.3 cm³/mol. The van der Waals surface area contributed by atoms with Crippen LogP contribution in [0.15, 0.2) is 48.5 Å². The Balaban J connectivity index is 1.80. The molecule has 0 N–H and O–H groups in total. The molecule has 1 aliphatic rings. The van der Waals surface area contributed by atoms with Crippen LogP contribution in [0.5, 0.6) is 5.75 Å². The number of hydrogen-bond acceptors (Lipinski definition) is 2. The Labute approximate surface area is 133 Å². The first kappa shape index (κ1) is 15.7. The van der Waals surface area contributed by atoms with Crippen LogP contribution in [0.3, 0.4) is 0 Å². The number of hydrogen-bond donors (Lipinski definition) is 0. The van der Waals surface area contributed by atoms with E-state index in [1.54, 1.807) is 6.07 Å². The van der Waals surface area contributed by atoms with Crippen molar-refractivity contribution in [2.75, 3.05) is 11.4 Å². The number of anilines is 1. The molecule has 0 aliphatic carbocycles. The first-order valence-corrected chi connectivity index (χ1v) is 7.61. The summed E-state index contributed by atoms with van der Waals surface area (Å²) >= 11 is 0. The number of piperidine rings is 1. The molecule has 0 spiro atoms. The number of rotatable bonds is 3. The van der Waals surface area contributed by atoms with E-state index in [-0.39, 0.29) is 12.0 Å². The fourth-order valence-corrected chi connectivity index (χ4v) is 2.76. The standard InChI is InChI=1S/C18H17F3NO/c19-18(20,21)14-7-6-10-16(13-14)23-17-11-4-5-12-22(17)15-8-2-1-3-9-15/h1-3,6-8,10,13,17H,4-5,11-12H2. The van der Waals surface area contributed by atoms with Gasteiger partial charge in [-0.05, 0) is 37.1 Å². The van der Waals surface area contributed by atoms with E-state index >= 15 is 0 Å². The molecule has 5 heteroatoms. The lowest BCUT2D eigenvalue weighted by Crippen LogP contribution is -2.43. The number of alkyl halides is 3. The monoisotopic (exact) mass is 320 g/mol. The summed E-state index contributed by atoms with van der Waals surface area (Å²) in [6.45, 7) is 0.810. The van der Waals surface area contributed by atoms with Gasteiger partial charge >= 0.3 is 6.18 Å². The molecular formula is C18H17F3NO. The van der Waals surface area contributed by atoms with Crippen LogP contribution >= 0.6 is 0 Å². The van der Waals surface area contributed by atoms with Crippen molar-refractivity contribution in [1.29, 1.82) is 0 Å². The summed E-state index contributed by atoms with van der Waals surface area (Å²) in [6, 6.07) is 15.8. The summed E-state index contributed by atoms with van der Waals surface area (Å²) < 4.78 is 44.3. The highest BCUT2D eigenvalue weighted by Gasteiger charge is 2.31. The van der Waals surface area contributed by atoms with Crippen molar-refractivity contribution in [2.45, 2.75) is 31.7 Å². The predicted octanol–water partition coefficient (Wildman–Crippen LogP) is 4.90. The van der Waals surface area contributed by atoms with Crippen molar-refractivity contribution < 1.29 is 17.9 Å². The highest BCUT2D eigenvalue weighted by molar-refractivity contribution is 5.46. The fourth-order valence-electron chi connectivity index (χ4n) is 2.76. The third-order valence-electron chi connectivity index (χ3n) is 3.88. The van der Waals surface area contributed by atoms with E-state index in [9.17, 15) is 13.2 Å². The first-order chi connectivity index (χ1) is 11.0. The van der Waals surface area contributed by atoms with Gasteiger partial charge in [-0.2, -0.15) is 13.2 Å². The molecule has 1 heterocycles. The molecule has 0 amide bonds. The van der Waals surface area contributed by atoms with Gasteiger partial charge in [0.15, 0.2) is 6.23 Å². The molecule has 1 fully saturated rings. The molecule has 1 radical (unpaired) electrons. The van der Waals surface area contributed by atoms with Crippen molar-refractivity contribution >= 4 is 5.69 Å². The number of ether oxygens (including phenoxy) is 1. The lowest BCUT2D eigenvalue weighted by atomic mass is 10.1. The van der Waals surface area contributed by atoms with Crippen molar-refractivity contribution in [2.24, 2.45) is 0 Å². The van der Waals surface area contributed by atoms with E-state index in [1.807, 2.05) is 24.3 Å². The van der Waals surface area contributed by atoms with Gasteiger partial charge in [0.05, 0.1) is 5.56 Å². The van der Waals surface area contributed by atoms with Crippen LogP contribution in [0.1, 0.15) is 24.8 Å². The van der Waals surface area contributed by atoms with E-state index in [2.05, 4.69) is 11.0 Å². The van der Waals surface area contributed by atoms with Crippen molar-refractivity contribution in [3.63, 3.8) is 0 Å². The third-order valence-corrected chi connectivity index (χ3v) is 3.88. The molecule has 0 saturated carbocycles. The number of para-hydroxylation sites is 1. The van der Waals surface area contributed by atoms with Gasteiger partial charge in [-0.3, -0.25) is 0 Å². The second-order valence-electron chi connectivity index (χ2n) is 5.54. The van der Waals surface area contributed by atoms with E-state index < -0.39 is 11.7 Å². The average molecular weight is 320 g/mol. The maximum Gasteiger partial charge on any atom is 0.416 e. The molecule has 1 aliphatic heterocycles. The SMILES string of the molecule is FC(F)(F)c1cccc(OC2CCCCN2c2[c]cccc2)c1. The molecule has 2 aromatic carbocycles. The van der Waals surface area contributed by atoms with E-state index in [4.69, 9.17) is 4.74 Å². The van der Waals surface area contributed by atoms with Crippen LogP contribution < -0.4 is 9.64 Å². The highest BCUT2D eigenvalue weighted by Crippen LogP contribution is 2.33. The lowest BCUT2D eigenvalue weighted by molar-refractivity contribution is -0.137. The van der Waals surface area contributed by atoms with E-state index in [0.29, 0.717) is 0 Å². The van der Waals surface area contributed by atoms with Crippen LogP contribution in [0.4, 0.5) is 18.9 Å². The molecule has 1 atom stereocenters. The van der Waals surface area contributed by atoms with Crippen molar-refractivity contribution in [3.05, 3.63) is 60.2 Å². The largest absolute Gasteiger partial charge is 0.471 e. The van der Waals surface area contributed by atoms with Gasteiger partial charge in [0.2, 0.25) is 0 Å². The van der Waals surface area contributed by atoms with Crippen molar-refractivity contribution in [3.8, 4) is 5.75 Å². The Morgan fingerprint density at radius 3 is 2.70 bits per heavy atom. The number of halogens is 3. The van der Waals surface area contributed by atoms with Gasteiger partial charge in [0.25, 0.3) is 0 Å². The van der Waals surface area contributed by atoms with Crippen LogP contribution in [0.25, 0.3) is 0 Å². The topological polar surface area (TPSA) is 12.5 Å². The van der Waals surface area contributed by atoms with Gasteiger partial charge in [0, 0.05) is 24.7 Å². The zero-order valence-electron chi connectivity index (χ0n) is 12.5. The minimum absolute atomic E-state index is 0.243. The summed E-state index contributed by atoms with van der Waals surface area (Å²) in [4.78, 5) is 2.06. The van der Waals surface area contributed by atoms with Gasteiger partial charge < -0.3 is 9.64 Å². The normalized spacial score (nSPS) is 18.7. The fraction of sp³-hybridized carbons (Fsp3) is 0.333. The van der Waals surface area contributed by atoms with Gasteiger partial charge in [-0.15, -0.1) is 0 Å². The minimum atomic E-state index is -4.36. The van der Waals surface area contributed by atoms with Gasteiger partial charge in [0.1, 0.15) is 5.75 Å². The van der Waals surface area contributed by atoms with Crippen LogP contribution in [0.2, 0.25) is 0 Å². The van der Waals surface area contributed by atoms with Crippen LogP contribution in [-0.2, 0) is 6.18 Å². The first-order valence-electron chi connectivity index (χ1n) is 7.61. The number of benzene rings is 2. The molecular weight excluding hydrogens is 303 g/mol. The van der Waals surface area contributed by atoms with Crippen LogP contribution in [-0.4, -0.2) is 12.8 Å². The quantitative estimate of drug-likeness (QED) is 0.797. The lowest BCUT2D eigenvalue weighted by Gasteiger charge is -2.37.